The number of anilines is 1. The highest BCUT2D eigenvalue weighted by Crippen LogP contribution is 2.00. The molecule has 72 valence electrons. The van der Waals surface area contributed by atoms with Gasteiger partial charge in [-0.25, -0.2) is 9.97 Å². The minimum absolute atomic E-state index is 0.273. The quantitative estimate of drug-likeness (QED) is 0.744. The van der Waals surface area contributed by atoms with Crippen LogP contribution in [-0.2, 0) is 4.74 Å². The van der Waals surface area contributed by atoms with E-state index >= 15 is 0 Å². The number of hydrogen-bond donors (Lipinski definition) is 1. The zero-order valence-corrected chi connectivity index (χ0v) is 8.03. The Labute approximate surface area is 78.4 Å². The number of ether oxygens (including phenoxy) is 1. The highest BCUT2D eigenvalue weighted by atomic mass is 16.5. The van der Waals surface area contributed by atoms with Crippen molar-refractivity contribution in [3.05, 3.63) is 18.6 Å². The molecule has 0 saturated carbocycles. The molecule has 13 heavy (non-hydrogen) atoms. The van der Waals surface area contributed by atoms with Gasteiger partial charge in [0.1, 0.15) is 12.1 Å². The summed E-state index contributed by atoms with van der Waals surface area (Å²) in [6.45, 7) is 5.48. The van der Waals surface area contributed by atoms with Crippen molar-refractivity contribution in [1.82, 2.24) is 9.97 Å². The van der Waals surface area contributed by atoms with Crippen LogP contribution in [0.15, 0.2) is 18.6 Å². The van der Waals surface area contributed by atoms with Crippen LogP contribution in [0.5, 0.6) is 0 Å². The van der Waals surface area contributed by atoms with Crippen LogP contribution in [0.1, 0.15) is 13.8 Å². The molecule has 0 fully saturated rings. The van der Waals surface area contributed by atoms with Crippen molar-refractivity contribution in [2.24, 2.45) is 0 Å². The van der Waals surface area contributed by atoms with E-state index in [4.69, 9.17) is 4.74 Å². The predicted molar refractivity (Wildman–Crippen MR) is 51.6 cm³/mol. The highest BCUT2D eigenvalue weighted by Gasteiger charge is 2.01. The normalized spacial score (nSPS) is 12.5. The summed E-state index contributed by atoms with van der Waals surface area (Å²) in [5.41, 5.74) is 0. The van der Waals surface area contributed by atoms with E-state index < -0.39 is 0 Å². The molecule has 1 unspecified atom stereocenters. The van der Waals surface area contributed by atoms with Crippen LogP contribution >= 0.6 is 0 Å². The summed E-state index contributed by atoms with van der Waals surface area (Å²) >= 11 is 0. The molecule has 1 heterocycles. The van der Waals surface area contributed by atoms with E-state index in [0.29, 0.717) is 6.61 Å². The highest BCUT2D eigenvalue weighted by molar-refractivity contribution is 5.32. The van der Waals surface area contributed by atoms with Crippen LogP contribution in [0.4, 0.5) is 5.82 Å². The minimum Gasteiger partial charge on any atom is -0.380 e. The molecule has 0 aliphatic carbocycles. The van der Waals surface area contributed by atoms with Gasteiger partial charge in [0.15, 0.2) is 0 Å². The second-order valence-corrected chi connectivity index (χ2v) is 2.80. The average Bonchev–Trinajstić information content (AvgIpc) is 2.16. The summed E-state index contributed by atoms with van der Waals surface area (Å²) in [5.74, 6) is 0.835. The van der Waals surface area contributed by atoms with E-state index in [1.54, 1.807) is 6.20 Å². The molecule has 0 spiro atoms. The number of nitrogens with one attached hydrogen (secondary N) is 1. The van der Waals surface area contributed by atoms with Gasteiger partial charge >= 0.3 is 0 Å². The summed E-state index contributed by atoms with van der Waals surface area (Å²) in [6.07, 6.45) is 3.23. The Kier molecular flexibility index (Phi) is 4.18. The Bertz CT molecular complexity index is 228. The van der Waals surface area contributed by atoms with Crippen molar-refractivity contribution in [2.45, 2.75) is 19.9 Å². The molecule has 1 N–H and O–H groups in total. The fourth-order valence-corrected chi connectivity index (χ4v) is 0.965. The van der Waals surface area contributed by atoms with Crippen LogP contribution in [0.2, 0.25) is 0 Å². The molecule has 1 aromatic rings. The largest absolute Gasteiger partial charge is 0.380 e. The number of hydrogen-bond acceptors (Lipinski definition) is 4. The van der Waals surface area contributed by atoms with E-state index in [0.717, 1.165) is 12.4 Å². The predicted octanol–water partition coefficient (Wildman–Crippen LogP) is 1.31. The SMILES string of the molecule is CCOCC(C)Nc1ccncn1. The summed E-state index contributed by atoms with van der Waals surface area (Å²) in [4.78, 5) is 7.88. The lowest BCUT2D eigenvalue weighted by Gasteiger charge is -2.13. The molecular formula is C9H15N3O. The van der Waals surface area contributed by atoms with Crippen LogP contribution in [0.25, 0.3) is 0 Å². The van der Waals surface area contributed by atoms with Crippen LogP contribution in [-0.4, -0.2) is 29.2 Å². The summed E-state index contributed by atoms with van der Waals surface area (Å²) in [5, 5.41) is 3.20. The lowest BCUT2D eigenvalue weighted by molar-refractivity contribution is 0.141. The van der Waals surface area contributed by atoms with Crippen molar-refractivity contribution >= 4 is 5.82 Å². The van der Waals surface area contributed by atoms with Crippen LogP contribution < -0.4 is 5.32 Å². The van der Waals surface area contributed by atoms with Gasteiger partial charge in [0.25, 0.3) is 0 Å². The molecule has 0 aliphatic heterocycles. The molecule has 0 bridgehead atoms. The maximum absolute atomic E-state index is 5.26. The molecule has 1 aromatic heterocycles. The third-order valence-corrected chi connectivity index (χ3v) is 1.55. The number of nitrogens with zero attached hydrogens (tertiary/aromatic N) is 2. The second kappa shape index (κ2) is 5.48. The lowest BCUT2D eigenvalue weighted by atomic mass is 10.3. The first kappa shape index (κ1) is 9.92. The fourth-order valence-electron chi connectivity index (χ4n) is 0.965. The first-order valence-corrected chi connectivity index (χ1v) is 4.43. The first-order chi connectivity index (χ1) is 6.33. The molecule has 4 heteroatoms. The van der Waals surface area contributed by atoms with E-state index in [-0.39, 0.29) is 6.04 Å². The van der Waals surface area contributed by atoms with Gasteiger partial charge in [-0.3, -0.25) is 0 Å². The van der Waals surface area contributed by atoms with Crippen molar-refractivity contribution in [1.29, 1.82) is 0 Å². The average molecular weight is 181 g/mol. The van der Waals surface area contributed by atoms with E-state index in [1.807, 2.05) is 13.0 Å². The summed E-state index contributed by atoms with van der Waals surface area (Å²) in [7, 11) is 0. The minimum atomic E-state index is 0.273. The van der Waals surface area contributed by atoms with Gasteiger partial charge in [-0.1, -0.05) is 0 Å². The Balaban J connectivity index is 2.32. The van der Waals surface area contributed by atoms with Gasteiger partial charge in [0.05, 0.1) is 6.61 Å². The van der Waals surface area contributed by atoms with E-state index in [2.05, 4.69) is 22.2 Å². The standard InChI is InChI=1S/C9H15N3O/c1-3-13-6-8(2)12-9-4-5-10-7-11-9/h4-5,7-8H,3,6H2,1-2H3,(H,10,11,12). The van der Waals surface area contributed by atoms with Crippen molar-refractivity contribution in [3.8, 4) is 0 Å². The Morgan fingerprint density at radius 1 is 1.62 bits per heavy atom. The molecule has 1 atom stereocenters. The third kappa shape index (κ3) is 3.85. The van der Waals surface area contributed by atoms with Crippen molar-refractivity contribution < 1.29 is 4.74 Å². The van der Waals surface area contributed by atoms with Gasteiger partial charge in [0, 0.05) is 18.8 Å². The molecule has 4 nitrogen and oxygen atoms in total. The van der Waals surface area contributed by atoms with E-state index in [1.165, 1.54) is 6.33 Å². The molecular weight excluding hydrogens is 166 g/mol. The number of rotatable bonds is 5. The number of aromatic nitrogens is 2. The monoisotopic (exact) mass is 181 g/mol. The van der Waals surface area contributed by atoms with Crippen molar-refractivity contribution in [2.75, 3.05) is 18.5 Å². The second-order valence-electron chi connectivity index (χ2n) is 2.80. The molecule has 0 aliphatic rings. The molecule has 1 rings (SSSR count). The first-order valence-electron chi connectivity index (χ1n) is 4.43. The van der Waals surface area contributed by atoms with E-state index in [9.17, 15) is 0 Å². The van der Waals surface area contributed by atoms with Gasteiger partial charge < -0.3 is 10.1 Å². The topological polar surface area (TPSA) is 47.0 Å². The third-order valence-electron chi connectivity index (χ3n) is 1.55. The maximum Gasteiger partial charge on any atom is 0.129 e. The zero-order chi connectivity index (χ0) is 9.52. The summed E-state index contributed by atoms with van der Waals surface area (Å²) in [6, 6.07) is 2.11. The van der Waals surface area contributed by atoms with Crippen molar-refractivity contribution in [3.63, 3.8) is 0 Å². The Hall–Kier alpha value is -1.16. The molecule has 0 amide bonds. The Morgan fingerprint density at radius 3 is 3.08 bits per heavy atom. The van der Waals surface area contributed by atoms with Crippen LogP contribution in [0, 0.1) is 0 Å². The summed E-state index contributed by atoms with van der Waals surface area (Å²) < 4.78 is 5.26. The molecule has 0 aromatic carbocycles. The fraction of sp³-hybridized carbons (Fsp3) is 0.556. The van der Waals surface area contributed by atoms with Crippen LogP contribution in [0.3, 0.4) is 0 Å². The molecule has 0 saturated heterocycles. The lowest BCUT2D eigenvalue weighted by Crippen LogP contribution is -2.22. The smallest absolute Gasteiger partial charge is 0.129 e. The maximum atomic E-state index is 5.26. The zero-order valence-electron chi connectivity index (χ0n) is 8.03. The Morgan fingerprint density at radius 2 is 2.46 bits per heavy atom. The van der Waals surface area contributed by atoms with Gasteiger partial charge in [-0.05, 0) is 19.9 Å². The van der Waals surface area contributed by atoms with Gasteiger partial charge in [-0.15, -0.1) is 0 Å². The molecule has 0 radical (unpaired) electrons. The van der Waals surface area contributed by atoms with Gasteiger partial charge in [-0.2, -0.15) is 0 Å². The van der Waals surface area contributed by atoms with Gasteiger partial charge in [0.2, 0.25) is 0 Å².